The van der Waals surface area contributed by atoms with E-state index in [1.807, 2.05) is 0 Å². The van der Waals surface area contributed by atoms with E-state index in [9.17, 15) is 9.59 Å². The monoisotopic (exact) mass is 193 g/mol. The van der Waals surface area contributed by atoms with Crippen LogP contribution in [0.15, 0.2) is 24.3 Å². The summed E-state index contributed by atoms with van der Waals surface area (Å²) in [6.45, 7) is 2.50. The summed E-state index contributed by atoms with van der Waals surface area (Å²) in [6.07, 6.45) is 9.22. The number of nitrogens with one attached hydrogen (secondary N) is 1. The maximum Gasteiger partial charge on any atom is 0.178 e. The quantitative estimate of drug-likeness (QED) is 0.584. The van der Waals surface area contributed by atoms with Crippen molar-refractivity contribution in [2.75, 3.05) is 13.1 Å². The number of carbonyl (C=O) groups excluding carboxylic acids is 2. The molecule has 0 atom stereocenters. The molecular formula is C11H15NO2. The summed E-state index contributed by atoms with van der Waals surface area (Å²) in [6, 6.07) is 0. The molecule has 1 aliphatic heterocycles. The second kappa shape index (κ2) is 6.27. The van der Waals surface area contributed by atoms with E-state index in [0.29, 0.717) is 0 Å². The zero-order valence-electron chi connectivity index (χ0n) is 8.16. The Balaban J connectivity index is 0.000000146. The van der Waals surface area contributed by atoms with Crippen LogP contribution in [0.25, 0.3) is 0 Å². The Hall–Kier alpha value is -1.22. The lowest BCUT2D eigenvalue weighted by Gasteiger charge is -2.08. The molecule has 0 radical (unpaired) electrons. The van der Waals surface area contributed by atoms with Crippen LogP contribution in [0.5, 0.6) is 0 Å². The Morgan fingerprint density at radius 1 is 0.786 bits per heavy atom. The van der Waals surface area contributed by atoms with Crippen LogP contribution < -0.4 is 5.32 Å². The van der Waals surface area contributed by atoms with Gasteiger partial charge in [0.05, 0.1) is 0 Å². The molecule has 0 amide bonds. The van der Waals surface area contributed by atoms with Gasteiger partial charge in [-0.15, -0.1) is 0 Å². The van der Waals surface area contributed by atoms with Crippen LogP contribution in [0.4, 0.5) is 0 Å². The number of carbonyl (C=O) groups is 2. The maximum atomic E-state index is 10.3. The fourth-order valence-electron chi connectivity index (χ4n) is 1.24. The summed E-state index contributed by atoms with van der Waals surface area (Å²) in [5.74, 6) is -0.241. The fraction of sp³-hybridized carbons (Fsp3) is 0.455. The van der Waals surface area contributed by atoms with Gasteiger partial charge < -0.3 is 5.32 Å². The number of rotatable bonds is 0. The molecule has 2 aliphatic rings. The topological polar surface area (TPSA) is 46.2 Å². The lowest BCUT2D eigenvalue weighted by molar-refractivity contribution is -0.113. The first kappa shape index (κ1) is 10.9. The van der Waals surface area contributed by atoms with Gasteiger partial charge in [-0.25, -0.2) is 0 Å². The Bertz CT molecular complexity index is 213. The molecule has 0 spiro atoms. The van der Waals surface area contributed by atoms with Crippen molar-refractivity contribution in [3.63, 3.8) is 0 Å². The zero-order chi connectivity index (χ0) is 10.2. The second-order valence-electron chi connectivity index (χ2n) is 3.28. The zero-order valence-corrected chi connectivity index (χ0v) is 8.16. The molecular weight excluding hydrogens is 178 g/mol. The average Bonchev–Trinajstić information content (AvgIpc) is 2.26. The van der Waals surface area contributed by atoms with E-state index < -0.39 is 0 Å². The van der Waals surface area contributed by atoms with Crippen LogP contribution in [0.3, 0.4) is 0 Å². The van der Waals surface area contributed by atoms with E-state index in [0.717, 1.165) is 0 Å². The number of piperidine rings is 1. The molecule has 1 saturated heterocycles. The second-order valence-corrected chi connectivity index (χ2v) is 3.28. The number of ketones is 2. The number of allylic oxidation sites excluding steroid dienone is 4. The molecule has 1 aliphatic carbocycles. The highest BCUT2D eigenvalue weighted by atomic mass is 16.1. The van der Waals surface area contributed by atoms with Gasteiger partial charge in [0.1, 0.15) is 0 Å². The molecule has 3 nitrogen and oxygen atoms in total. The summed E-state index contributed by atoms with van der Waals surface area (Å²) in [5, 5.41) is 3.28. The van der Waals surface area contributed by atoms with Gasteiger partial charge in [-0.05, 0) is 50.2 Å². The van der Waals surface area contributed by atoms with Gasteiger partial charge in [0.15, 0.2) is 11.6 Å². The minimum atomic E-state index is -0.121. The first-order valence-electron chi connectivity index (χ1n) is 4.94. The molecule has 0 aromatic rings. The van der Waals surface area contributed by atoms with E-state index in [1.165, 1.54) is 56.7 Å². The fourth-order valence-corrected chi connectivity index (χ4v) is 1.24. The third-order valence-electron chi connectivity index (χ3n) is 2.03. The van der Waals surface area contributed by atoms with Gasteiger partial charge in [0.25, 0.3) is 0 Å². The van der Waals surface area contributed by atoms with E-state index in [-0.39, 0.29) is 11.6 Å². The maximum absolute atomic E-state index is 10.3. The normalized spacial score (nSPS) is 20.3. The van der Waals surface area contributed by atoms with Gasteiger partial charge in [-0.3, -0.25) is 9.59 Å². The SMILES string of the molecule is C1CCNCC1.O=C1C=CC(=O)C=C1. The average molecular weight is 193 g/mol. The van der Waals surface area contributed by atoms with Crippen molar-refractivity contribution in [3.8, 4) is 0 Å². The van der Waals surface area contributed by atoms with Crippen molar-refractivity contribution in [3.05, 3.63) is 24.3 Å². The highest BCUT2D eigenvalue weighted by molar-refractivity contribution is 6.14. The van der Waals surface area contributed by atoms with Gasteiger partial charge in [-0.1, -0.05) is 6.42 Å². The minimum Gasteiger partial charge on any atom is -0.317 e. The summed E-state index contributed by atoms with van der Waals surface area (Å²) < 4.78 is 0. The largest absolute Gasteiger partial charge is 0.317 e. The lowest BCUT2D eigenvalue weighted by atomic mass is 10.2. The Morgan fingerprint density at radius 3 is 1.43 bits per heavy atom. The highest BCUT2D eigenvalue weighted by Gasteiger charge is 1.97. The van der Waals surface area contributed by atoms with Crippen LogP contribution in [-0.4, -0.2) is 24.7 Å². The van der Waals surface area contributed by atoms with Crippen molar-refractivity contribution in [1.82, 2.24) is 5.32 Å². The van der Waals surface area contributed by atoms with Crippen LogP contribution in [0, 0.1) is 0 Å². The van der Waals surface area contributed by atoms with Crippen molar-refractivity contribution >= 4 is 11.6 Å². The van der Waals surface area contributed by atoms with Crippen molar-refractivity contribution in [2.24, 2.45) is 0 Å². The van der Waals surface area contributed by atoms with E-state index in [2.05, 4.69) is 5.32 Å². The summed E-state index contributed by atoms with van der Waals surface area (Å²) in [7, 11) is 0. The molecule has 0 bridgehead atoms. The highest BCUT2D eigenvalue weighted by Crippen LogP contribution is 1.96. The van der Waals surface area contributed by atoms with Crippen molar-refractivity contribution in [1.29, 1.82) is 0 Å². The molecule has 0 unspecified atom stereocenters. The van der Waals surface area contributed by atoms with Crippen molar-refractivity contribution in [2.45, 2.75) is 19.3 Å². The molecule has 1 heterocycles. The van der Waals surface area contributed by atoms with Crippen LogP contribution in [-0.2, 0) is 9.59 Å². The van der Waals surface area contributed by atoms with Gasteiger partial charge in [0, 0.05) is 0 Å². The van der Waals surface area contributed by atoms with Gasteiger partial charge >= 0.3 is 0 Å². The first-order chi connectivity index (χ1) is 6.79. The van der Waals surface area contributed by atoms with Crippen LogP contribution >= 0.6 is 0 Å². The Kier molecular flexibility index (Phi) is 4.86. The summed E-state index contributed by atoms with van der Waals surface area (Å²) >= 11 is 0. The van der Waals surface area contributed by atoms with Crippen molar-refractivity contribution < 1.29 is 9.59 Å². The smallest absolute Gasteiger partial charge is 0.178 e. The molecule has 0 aromatic heterocycles. The lowest BCUT2D eigenvalue weighted by Crippen LogP contribution is -2.21. The molecule has 3 heteroatoms. The molecule has 1 N–H and O–H groups in total. The minimum absolute atomic E-state index is 0.121. The standard InChI is InChI=1S/C6H4O2.C5H11N/c7-5-1-2-6(8)4-3-5;1-2-4-6-5-3-1/h1-4H;6H,1-5H2. The predicted molar refractivity (Wildman–Crippen MR) is 55.0 cm³/mol. The van der Waals surface area contributed by atoms with E-state index >= 15 is 0 Å². The molecule has 0 saturated carbocycles. The number of hydrogen-bond donors (Lipinski definition) is 1. The Labute approximate surface area is 83.9 Å². The summed E-state index contributed by atoms with van der Waals surface area (Å²) in [4.78, 5) is 20.6. The van der Waals surface area contributed by atoms with Crippen LogP contribution in [0.1, 0.15) is 19.3 Å². The molecule has 1 fully saturated rings. The summed E-state index contributed by atoms with van der Waals surface area (Å²) in [5.41, 5.74) is 0. The molecule has 76 valence electrons. The third-order valence-corrected chi connectivity index (χ3v) is 2.03. The molecule has 0 aromatic carbocycles. The van der Waals surface area contributed by atoms with Crippen LogP contribution in [0.2, 0.25) is 0 Å². The van der Waals surface area contributed by atoms with Gasteiger partial charge in [0.2, 0.25) is 0 Å². The van der Waals surface area contributed by atoms with E-state index in [1.54, 1.807) is 0 Å². The van der Waals surface area contributed by atoms with E-state index in [4.69, 9.17) is 0 Å². The first-order valence-corrected chi connectivity index (χ1v) is 4.94. The number of hydrogen-bond acceptors (Lipinski definition) is 3. The Morgan fingerprint density at radius 2 is 1.21 bits per heavy atom. The third kappa shape index (κ3) is 4.72. The van der Waals surface area contributed by atoms with Gasteiger partial charge in [-0.2, -0.15) is 0 Å². The molecule has 14 heavy (non-hydrogen) atoms. The predicted octanol–water partition coefficient (Wildman–Crippen LogP) is 1.01. The molecule has 2 rings (SSSR count).